The lowest BCUT2D eigenvalue weighted by atomic mass is 9.43. The summed E-state index contributed by atoms with van der Waals surface area (Å²) < 4.78 is 5.12. The molecule has 0 saturated heterocycles. The van der Waals surface area contributed by atoms with Crippen molar-refractivity contribution in [3.05, 3.63) is 34.4 Å². The number of fused-ring (bicyclic) bond motifs is 5. The summed E-state index contributed by atoms with van der Waals surface area (Å²) >= 11 is 0. The number of hydrogen-bond donors (Lipinski definition) is 3. The third-order valence-electron chi connectivity index (χ3n) is 9.98. The number of rotatable bonds is 1. The molecule has 5 nitrogen and oxygen atoms in total. The van der Waals surface area contributed by atoms with Crippen LogP contribution in [0.1, 0.15) is 76.7 Å². The summed E-state index contributed by atoms with van der Waals surface area (Å²) in [5, 5.41) is 33.6. The minimum absolute atomic E-state index is 0.0218. The summed E-state index contributed by atoms with van der Waals surface area (Å²) in [6, 6.07) is 3.24. The van der Waals surface area contributed by atoms with E-state index >= 15 is 0 Å². The van der Waals surface area contributed by atoms with Gasteiger partial charge >= 0.3 is 5.63 Å². The molecule has 1 heterocycles. The van der Waals surface area contributed by atoms with Crippen molar-refractivity contribution < 1.29 is 19.7 Å². The molecule has 160 valence electrons. The molecule has 0 aromatic carbocycles. The second-order valence-electron chi connectivity index (χ2n) is 10.9. The van der Waals surface area contributed by atoms with Gasteiger partial charge in [0.1, 0.15) is 0 Å². The first-order valence-electron chi connectivity index (χ1n) is 11.4. The molecule has 9 atom stereocenters. The zero-order valence-corrected chi connectivity index (χ0v) is 17.5. The molecule has 5 rings (SSSR count). The Morgan fingerprint density at radius 2 is 1.79 bits per heavy atom. The van der Waals surface area contributed by atoms with Crippen molar-refractivity contribution in [3.8, 4) is 0 Å². The topological polar surface area (TPSA) is 90.9 Å². The van der Waals surface area contributed by atoms with Crippen LogP contribution in [0.25, 0.3) is 0 Å². The molecule has 3 N–H and O–H groups in total. The molecule has 0 aliphatic heterocycles. The van der Waals surface area contributed by atoms with Crippen LogP contribution in [0.4, 0.5) is 0 Å². The first-order chi connectivity index (χ1) is 13.7. The molecule has 5 heteroatoms. The molecule has 1 aromatic rings. The highest BCUT2D eigenvalue weighted by molar-refractivity contribution is 5.29. The smallest absolute Gasteiger partial charge is 0.335 e. The lowest BCUT2D eigenvalue weighted by Crippen LogP contribution is -2.65. The standard InChI is InChI=1S/C24H34O5/c1-22-9-7-16(25)11-15(22)4-5-18-17(22)8-10-23(2)19(12-20(26)24(18,23)28)14-3-6-21(27)29-13-14/h3,6,13,15-20,25-26,28H,4-5,7-12H2,1-2H3/t15-,16+,17?,18-,19-,20-,22+,23-,24-/m1/s1. The summed E-state index contributed by atoms with van der Waals surface area (Å²) in [5.41, 5.74) is -0.897. The van der Waals surface area contributed by atoms with Crippen LogP contribution < -0.4 is 5.63 Å². The van der Waals surface area contributed by atoms with Crippen molar-refractivity contribution in [3.63, 3.8) is 0 Å². The van der Waals surface area contributed by atoms with Crippen LogP contribution in [0.3, 0.4) is 0 Å². The van der Waals surface area contributed by atoms with Crippen molar-refractivity contribution in [2.75, 3.05) is 0 Å². The van der Waals surface area contributed by atoms with E-state index in [-0.39, 0.29) is 29.0 Å². The predicted octanol–water partition coefficient (Wildman–Crippen LogP) is 3.21. The van der Waals surface area contributed by atoms with Crippen molar-refractivity contribution in [1.29, 1.82) is 0 Å². The van der Waals surface area contributed by atoms with Crippen LogP contribution in [-0.2, 0) is 0 Å². The maximum Gasteiger partial charge on any atom is 0.335 e. The molecule has 4 saturated carbocycles. The van der Waals surface area contributed by atoms with Crippen molar-refractivity contribution >= 4 is 0 Å². The van der Waals surface area contributed by atoms with E-state index in [1.807, 2.05) is 0 Å². The SMILES string of the molecule is C[C@]12CC[C@H](O)C[C@H]1CC[C@@H]1C2CC[C@]2(C)[C@@H](c3ccc(=O)oc3)C[C@@H](O)[C@]12O. The second kappa shape index (κ2) is 6.41. The van der Waals surface area contributed by atoms with Gasteiger partial charge in [0.25, 0.3) is 0 Å². The zero-order chi connectivity index (χ0) is 20.6. The van der Waals surface area contributed by atoms with Crippen LogP contribution in [-0.4, -0.2) is 33.1 Å². The number of aliphatic hydroxyl groups excluding tert-OH is 2. The van der Waals surface area contributed by atoms with Gasteiger partial charge in [-0.2, -0.15) is 0 Å². The first kappa shape index (κ1) is 19.8. The lowest BCUT2D eigenvalue weighted by Gasteiger charge is -2.64. The normalized spacial score (nSPS) is 51.8. The van der Waals surface area contributed by atoms with E-state index < -0.39 is 17.1 Å². The maximum absolute atomic E-state index is 12.2. The molecule has 4 aliphatic rings. The van der Waals surface area contributed by atoms with Gasteiger partial charge in [0, 0.05) is 11.5 Å². The van der Waals surface area contributed by atoms with Gasteiger partial charge in [-0.05, 0) is 92.1 Å². The van der Waals surface area contributed by atoms with E-state index in [1.165, 1.54) is 12.3 Å². The minimum atomic E-state index is -1.12. The third-order valence-corrected chi connectivity index (χ3v) is 9.98. The Labute approximate surface area is 172 Å². The van der Waals surface area contributed by atoms with E-state index in [9.17, 15) is 20.1 Å². The van der Waals surface area contributed by atoms with Gasteiger partial charge in [0.2, 0.25) is 0 Å². The largest absolute Gasteiger partial charge is 0.431 e. The van der Waals surface area contributed by atoms with E-state index in [4.69, 9.17) is 4.42 Å². The molecule has 4 fully saturated rings. The molecule has 29 heavy (non-hydrogen) atoms. The quantitative estimate of drug-likeness (QED) is 0.671. The molecule has 0 amide bonds. The van der Waals surface area contributed by atoms with E-state index in [0.717, 1.165) is 50.5 Å². The van der Waals surface area contributed by atoms with Crippen LogP contribution in [0, 0.1) is 28.6 Å². The average Bonchev–Trinajstić information content (AvgIpc) is 2.90. The minimum Gasteiger partial charge on any atom is -0.431 e. The highest BCUT2D eigenvalue weighted by Gasteiger charge is 2.70. The lowest BCUT2D eigenvalue weighted by molar-refractivity contribution is -0.233. The molecule has 1 aromatic heterocycles. The Bertz CT molecular complexity index is 829. The summed E-state index contributed by atoms with van der Waals surface area (Å²) in [5.74, 6) is 0.951. The van der Waals surface area contributed by atoms with Crippen LogP contribution >= 0.6 is 0 Å². The van der Waals surface area contributed by atoms with Gasteiger partial charge in [-0.1, -0.05) is 13.8 Å². The summed E-state index contributed by atoms with van der Waals surface area (Å²) in [7, 11) is 0. The van der Waals surface area contributed by atoms with Gasteiger partial charge in [-0.3, -0.25) is 0 Å². The Morgan fingerprint density at radius 3 is 2.52 bits per heavy atom. The molecule has 1 unspecified atom stereocenters. The molecule has 4 aliphatic carbocycles. The summed E-state index contributed by atoms with van der Waals surface area (Å²) in [6.45, 7) is 4.51. The van der Waals surface area contributed by atoms with Gasteiger partial charge in [0.15, 0.2) is 0 Å². The third kappa shape index (κ3) is 2.53. The number of hydrogen-bond acceptors (Lipinski definition) is 5. The summed E-state index contributed by atoms with van der Waals surface area (Å²) in [4.78, 5) is 11.4. The van der Waals surface area contributed by atoms with Crippen molar-refractivity contribution in [2.45, 2.75) is 88.9 Å². The molecule has 0 bridgehead atoms. The highest BCUT2D eigenvalue weighted by Crippen LogP contribution is 2.70. The zero-order valence-electron chi connectivity index (χ0n) is 17.5. The predicted molar refractivity (Wildman–Crippen MR) is 108 cm³/mol. The van der Waals surface area contributed by atoms with Gasteiger partial charge < -0.3 is 19.7 Å². The molecule has 0 spiro atoms. The Hall–Kier alpha value is -1.17. The van der Waals surface area contributed by atoms with E-state index in [0.29, 0.717) is 18.3 Å². The molecular formula is C24H34O5. The van der Waals surface area contributed by atoms with E-state index in [1.54, 1.807) is 6.07 Å². The second-order valence-corrected chi connectivity index (χ2v) is 10.9. The molecule has 0 radical (unpaired) electrons. The van der Waals surface area contributed by atoms with Crippen LogP contribution in [0.2, 0.25) is 0 Å². The Kier molecular flexibility index (Phi) is 4.37. The highest BCUT2D eigenvalue weighted by atomic mass is 16.4. The Balaban J connectivity index is 1.52. The van der Waals surface area contributed by atoms with Gasteiger partial charge in [0.05, 0.1) is 24.1 Å². The fourth-order valence-corrected chi connectivity index (χ4v) is 8.33. The van der Waals surface area contributed by atoms with E-state index in [2.05, 4.69) is 13.8 Å². The molecular weight excluding hydrogens is 368 g/mol. The maximum atomic E-state index is 12.2. The fraction of sp³-hybridized carbons (Fsp3) is 0.792. The summed E-state index contributed by atoms with van der Waals surface area (Å²) in [6.07, 6.45) is 7.64. The van der Waals surface area contributed by atoms with Crippen molar-refractivity contribution in [2.24, 2.45) is 28.6 Å². The van der Waals surface area contributed by atoms with Gasteiger partial charge in [-0.25, -0.2) is 4.79 Å². The number of aliphatic hydroxyl groups is 3. The van der Waals surface area contributed by atoms with Crippen LogP contribution in [0.15, 0.2) is 27.6 Å². The first-order valence-corrected chi connectivity index (χ1v) is 11.4. The monoisotopic (exact) mass is 402 g/mol. The Morgan fingerprint density at radius 1 is 1.00 bits per heavy atom. The average molecular weight is 403 g/mol. The fourth-order valence-electron chi connectivity index (χ4n) is 8.33. The van der Waals surface area contributed by atoms with Gasteiger partial charge in [-0.15, -0.1) is 0 Å². The van der Waals surface area contributed by atoms with Crippen LogP contribution in [0.5, 0.6) is 0 Å². The van der Waals surface area contributed by atoms with Crippen molar-refractivity contribution in [1.82, 2.24) is 0 Å².